The normalized spacial score (nSPS) is 13.3. The summed E-state index contributed by atoms with van der Waals surface area (Å²) in [7, 11) is 1.50. The SMILES string of the molecule is CCCCCCCC/C=C/CCCCCCCCCCCCCC(=O)O[C@H](COC(=O)CCCCCCCCCCCCCCCCCCCCCCCCC)COP(=O)(O)OCC[N+](C)(C)C. The predicted octanol–water partition coefficient (Wildman–Crippen LogP) is 18.0. The number of esters is 2. The van der Waals surface area contributed by atoms with E-state index < -0.39 is 26.5 Å². The molecular weight excluding hydrogens is 870 g/mol. The molecule has 0 aromatic rings. The maximum atomic E-state index is 12.8. The maximum absolute atomic E-state index is 12.8. The van der Waals surface area contributed by atoms with E-state index in [4.69, 9.17) is 18.5 Å². The molecule has 0 spiro atoms. The molecule has 0 bridgehead atoms. The Morgan fingerprint density at radius 2 is 0.750 bits per heavy atom. The summed E-state index contributed by atoms with van der Waals surface area (Å²) in [5.74, 6) is -0.779. The highest BCUT2D eigenvalue weighted by Crippen LogP contribution is 2.43. The fourth-order valence-electron chi connectivity index (χ4n) is 8.72. The van der Waals surface area contributed by atoms with Crippen molar-refractivity contribution in [3.63, 3.8) is 0 Å². The third-order valence-corrected chi connectivity index (χ3v) is 14.3. The van der Waals surface area contributed by atoms with Gasteiger partial charge < -0.3 is 18.9 Å². The molecule has 10 heteroatoms. The van der Waals surface area contributed by atoms with Crippen molar-refractivity contribution in [3.8, 4) is 0 Å². The fourth-order valence-corrected chi connectivity index (χ4v) is 9.46. The molecule has 0 saturated carbocycles. The standard InChI is InChI=1S/C58H114NO8P/c1-6-8-10-12-14-16-18-20-22-24-26-28-29-31-32-34-36-38-40-42-44-46-48-50-57(60)64-54-56(55-66-68(62,63)65-53-52-59(3,4)5)67-58(61)51-49-47-45-43-41-39-37-35-33-30-27-25-23-21-19-17-15-13-11-9-7-2/h21,23,56H,6-20,22,24-55H2,1-5H3/p+1/b23-21+/t56-/m1/s1. The minimum Gasteiger partial charge on any atom is -0.462 e. The number of ether oxygens (including phenoxy) is 2. The van der Waals surface area contributed by atoms with Crippen molar-refractivity contribution in [2.45, 2.75) is 302 Å². The Hall–Kier alpha value is -1.25. The lowest BCUT2D eigenvalue weighted by atomic mass is 10.0. The second kappa shape index (κ2) is 50.7. The van der Waals surface area contributed by atoms with E-state index in [1.807, 2.05) is 21.1 Å². The molecule has 0 aliphatic rings. The van der Waals surface area contributed by atoms with Gasteiger partial charge in [0, 0.05) is 12.8 Å². The van der Waals surface area contributed by atoms with Crippen molar-refractivity contribution in [1.29, 1.82) is 0 Å². The van der Waals surface area contributed by atoms with Crippen LogP contribution in [0.4, 0.5) is 0 Å². The molecule has 0 aromatic carbocycles. The maximum Gasteiger partial charge on any atom is 0.472 e. The largest absolute Gasteiger partial charge is 0.472 e. The minimum absolute atomic E-state index is 0.0355. The highest BCUT2D eigenvalue weighted by Gasteiger charge is 2.27. The van der Waals surface area contributed by atoms with Gasteiger partial charge in [0.05, 0.1) is 27.7 Å². The van der Waals surface area contributed by atoms with Crippen molar-refractivity contribution in [2.24, 2.45) is 0 Å². The second-order valence-corrected chi connectivity index (χ2v) is 22.8. The van der Waals surface area contributed by atoms with Crippen molar-refractivity contribution in [2.75, 3.05) is 47.5 Å². The van der Waals surface area contributed by atoms with E-state index in [0.717, 1.165) is 32.1 Å². The molecular formula is C58H115NO8P+. The highest BCUT2D eigenvalue weighted by molar-refractivity contribution is 7.47. The van der Waals surface area contributed by atoms with Gasteiger partial charge in [-0.25, -0.2) is 4.57 Å². The van der Waals surface area contributed by atoms with Crippen LogP contribution in [0.1, 0.15) is 296 Å². The molecule has 0 heterocycles. The number of phosphoric acid groups is 1. The molecule has 1 N–H and O–H groups in total. The zero-order valence-corrected chi connectivity index (χ0v) is 46.8. The molecule has 0 fully saturated rings. The summed E-state index contributed by atoms with van der Waals surface area (Å²) in [5, 5.41) is 0. The summed E-state index contributed by atoms with van der Waals surface area (Å²) in [6.07, 6.45) is 58.5. The van der Waals surface area contributed by atoms with Gasteiger partial charge in [-0.3, -0.25) is 18.6 Å². The number of hydrogen-bond donors (Lipinski definition) is 1. The third kappa shape index (κ3) is 54.1. The van der Waals surface area contributed by atoms with Crippen LogP contribution in [0, 0.1) is 0 Å². The smallest absolute Gasteiger partial charge is 0.462 e. The van der Waals surface area contributed by atoms with Gasteiger partial charge in [0.25, 0.3) is 0 Å². The number of carbonyl (C=O) groups excluding carboxylic acids is 2. The molecule has 68 heavy (non-hydrogen) atoms. The van der Waals surface area contributed by atoms with Crippen LogP contribution < -0.4 is 0 Å². The monoisotopic (exact) mass is 985 g/mol. The first-order chi connectivity index (χ1) is 33.0. The van der Waals surface area contributed by atoms with E-state index in [2.05, 4.69) is 26.0 Å². The summed E-state index contributed by atoms with van der Waals surface area (Å²) in [4.78, 5) is 35.7. The zero-order valence-electron chi connectivity index (χ0n) is 45.9. The summed E-state index contributed by atoms with van der Waals surface area (Å²) < 4.78 is 34.6. The van der Waals surface area contributed by atoms with Gasteiger partial charge in [0.15, 0.2) is 6.10 Å². The number of nitrogens with zero attached hydrogens (tertiary/aromatic N) is 1. The number of hydrogen-bond acceptors (Lipinski definition) is 7. The van der Waals surface area contributed by atoms with Crippen LogP contribution in [0.15, 0.2) is 12.2 Å². The van der Waals surface area contributed by atoms with Crippen LogP contribution in [-0.2, 0) is 32.7 Å². The number of carbonyl (C=O) groups is 2. The summed E-state index contributed by atoms with van der Waals surface area (Å²) >= 11 is 0. The number of allylic oxidation sites excluding steroid dienone is 2. The number of quaternary nitrogens is 1. The molecule has 1 unspecified atom stereocenters. The van der Waals surface area contributed by atoms with Crippen LogP contribution >= 0.6 is 7.82 Å². The second-order valence-electron chi connectivity index (χ2n) is 21.4. The van der Waals surface area contributed by atoms with Crippen molar-refractivity contribution >= 4 is 19.8 Å². The topological polar surface area (TPSA) is 108 Å². The van der Waals surface area contributed by atoms with E-state index in [0.29, 0.717) is 23.9 Å². The first-order valence-electron chi connectivity index (χ1n) is 29.4. The van der Waals surface area contributed by atoms with E-state index >= 15 is 0 Å². The Labute approximate surface area is 422 Å². The fraction of sp³-hybridized carbons (Fsp3) is 0.931. The van der Waals surface area contributed by atoms with E-state index in [1.165, 1.54) is 231 Å². The first kappa shape index (κ1) is 66.8. The molecule has 0 aliphatic carbocycles. The Bertz CT molecular complexity index is 1160. The number of phosphoric ester groups is 1. The van der Waals surface area contributed by atoms with E-state index in [9.17, 15) is 19.0 Å². The number of likely N-dealkylation sites (N-methyl/N-ethyl adjacent to an activating group) is 1. The molecule has 0 aromatic heterocycles. The zero-order chi connectivity index (χ0) is 49.9. The molecule has 0 aliphatic heterocycles. The number of rotatable bonds is 55. The lowest BCUT2D eigenvalue weighted by Crippen LogP contribution is -2.37. The molecule has 0 amide bonds. The van der Waals surface area contributed by atoms with Crippen LogP contribution in [0.2, 0.25) is 0 Å². The average molecular weight is 986 g/mol. The predicted molar refractivity (Wildman–Crippen MR) is 289 cm³/mol. The molecule has 0 rings (SSSR count). The summed E-state index contributed by atoms with van der Waals surface area (Å²) in [5.41, 5.74) is 0. The Kier molecular flexibility index (Phi) is 49.8. The van der Waals surface area contributed by atoms with Gasteiger partial charge in [0.2, 0.25) is 0 Å². The third-order valence-electron chi connectivity index (χ3n) is 13.3. The van der Waals surface area contributed by atoms with Crippen LogP contribution in [0.5, 0.6) is 0 Å². The molecule has 9 nitrogen and oxygen atoms in total. The van der Waals surface area contributed by atoms with Gasteiger partial charge in [-0.2, -0.15) is 0 Å². The van der Waals surface area contributed by atoms with E-state index in [1.54, 1.807) is 0 Å². The Morgan fingerprint density at radius 1 is 0.441 bits per heavy atom. The molecule has 404 valence electrons. The van der Waals surface area contributed by atoms with Crippen molar-refractivity contribution in [1.82, 2.24) is 0 Å². The van der Waals surface area contributed by atoms with Crippen LogP contribution in [-0.4, -0.2) is 74.9 Å². The molecule has 0 saturated heterocycles. The number of unbranched alkanes of at least 4 members (excludes halogenated alkanes) is 39. The lowest BCUT2D eigenvalue weighted by Gasteiger charge is -2.24. The van der Waals surface area contributed by atoms with Gasteiger partial charge >= 0.3 is 19.8 Å². The van der Waals surface area contributed by atoms with Gasteiger partial charge in [-0.1, -0.05) is 257 Å². The first-order valence-corrected chi connectivity index (χ1v) is 30.9. The van der Waals surface area contributed by atoms with E-state index in [-0.39, 0.29) is 25.6 Å². The Balaban J connectivity index is 4.11. The van der Waals surface area contributed by atoms with Crippen molar-refractivity contribution in [3.05, 3.63) is 12.2 Å². The lowest BCUT2D eigenvalue weighted by molar-refractivity contribution is -0.870. The van der Waals surface area contributed by atoms with Crippen molar-refractivity contribution < 1.29 is 42.1 Å². The summed E-state index contributed by atoms with van der Waals surface area (Å²) in [6.45, 7) is 4.49. The quantitative estimate of drug-likeness (QED) is 0.0211. The minimum atomic E-state index is -4.38. The van der Waals surface area contributed by atoms with Crippen LogP contribution in [0.25, 0.3) is 0 Å². The van der Waals surface area contributed by atoms with Gasteiger partial charge in [-0.05, 0) is 38.5 Å². The molecule has 2 atom stereocenters. The van der Waals surface area contributed by atoms with Gasteiger partial charge in [0.1, 0.15) is 19.8 Å². The Morgan fingerprint density at radius 3 is 1.09 bits per heavy atom. The van der Waals surface area contributed by atoms with Gasteiger partial charge in [-0.15, -0.1) is 0 Å². The summed E-state index contributed by atoms with van der Waals surface area (Å²) in [6, 6.07) is 0. The highest BCUT2D eigenvalue weighted by atomic mass is 31.2. The average Bonchev–Trinajstić information content (AvgIpc) is 3.30. The molecule has 0 radical (unpaired) electrons. The van der Waals surface area contributed by atoms with Crippen LogP contribution in [0.3, 0.4) is 0 Å².